The Bertz CT molecular complexity index is 225. The number of carbonyl (C=O) groups is 1. The smallest absolute Gasteiger partial charge is 0.466 e. The van der Waals surface area contributed by atoms with Crippen LogP contribution in [0.3, 0.4) is 0 Å². The first-order valence-corrected chi connectivity index (χ1v) is 8.15. The molecule has 0 heterocycles. The zero-order chi connectivity index (χ0) is 12.5. The minimum Gasteiger partial charge on any atom is -0.489 e. The topological polar surface area (TPSA) is 104 Å². The lowest BCUT2D eigenvalue weighted by Gasteiger charge is -2.11. The molecule has 0 saturated carbocycles. The highest BCUT2D eigenvalue weighted by Gasteiger charge is 2.08. The van der Waals surface area contributed by atoms with Gasteiger partial charge < -0.3 is 19.4 Å². The Morgan fingerprint density at radius 1 is 1.60 bits per heavy atom. The minimum absolute atomic E-state index is 0.200. The largest absolute Gasteiger partial charge is 0.489 e. The van der Waals surface area contributed by atoms with E-state index < -0.39 is 7.82 Å². The average Bonchev–Trinajstić information content (AvgIpc) is 2.11. The van der Waals surface area contributed by atoms with E-state index in [4.69, 9.17) is 24.0 Å². The standard InChI is InChI=1S/C6H9O2.CH3.Mg.H3O4P/c1-3-5-8-6(7)4-2;;;1-5(2,3)4/h4-5H,2-3H2,1H3;1H3;;(H3,1,2,3,4). The van der Waals surface area contributed by atoms with Crippen LogP contribution in [0.1, 0.15) is 13.3 Å². The molecule has 0 aromatic heterocycles. The Morgan fingerprint density at radius 3 is 2.20 bits per heavy atom. The molecule has 6 nitrogen and oxygen atoms in total. The maximum absolute atomic E-state index is 10.6. The molecule has 15 heavy (non-hydrogen) atoms. The van der Waals surface area contributed by atoms with E-state index in [1.807, 2.05) is 6.92 Å². The number of hydrogen-bond donors (Lipinski definition) is 3. The van der Waals surface area contributed by atoms with Gasteiger partial charge in [0.1, 0.15) is 0 Å². The molecule has 1 atom stereocenters. The molecule has 0 bridgehead atoms. The van der Waals surface area contributed by atoms with Gasteiger partial charge >= 0.3 is 34.2 Å². The highest BCUT2D eigenvalue weighted by molar-refractivity contribution is 7.45. The summed E-state index contributed by atoms with van der Waals surface area (Å²) < 4.78 is 14.1. The predicted molar refractivity (Wildman–Crippen MR) is 56.2 cm³/mol. The first-order chi connectivity index (χ1) is 6.74. The molecule has 0 fully saturated rings. The van der Waals surface area contributed by atoms with Gasteiger partial charge in [0.15, 0.2) is 0 Å². The third-order valence-electron chi connectivity index (χ3n) is 1.36. The van der Waals surface area contributed by atoms with Crippen LogP contribution in [-0.4, -0.2) is 45.2 Å². The molecule has 0 rings (SSSR count). The zero-order valence-electron chi connectivity index (χ0n) is 8.79. The van der Waals surface area contributed by atoms with Crippen molar-refractivity contribution in [1.29, 1.82) is 0 Å². The summed E-state index contributed by atoms with van der Waals surface area (Å²) in [6.07, 6.45) is 2.15. The van der Waals surface area contributed by atoms with E-state index in [2.05, 4.69) is 11.6 Å². The van der Waals surface area contributed by atoms with E-state index in [-0.39, 0.29) is 30.6 Å². The van der Waals surface area contributed by atoms with E-state index in [1.165, 1.54) is 6.08 Å². The predicted octanol–water partition coefficient (Wildman–Crippen LogP) is 0.275. The quantitative estimate of drug-likeness (QED) is 0.286. The van der Waals surface area contributed by atoms with Crippen LogP contribution in [0.4, 0.5) is 0 Å². The molecule has 0 radical (unpaired) electrons. The number of carbonyl (C=O) groups excluding carboxylic acids is 1. The Balaban J connectivity index is 0. The SMILES string of the molecule is C=CC(=O)O[CH](CC)[Mg][CH3].O=P(O)(O)O. The van der Waals surface area contributed by atoms with Crippen molar-refractivity contribution >= 4 is 34.2 Å². The fourth-order valence-corrected chi connectivity index (χ4v) is 1.58. The van der Waals surface area contributed by atoms with Gasteiger partial charge in [0, 0.05) is 6.08 Å². The van der Waals surface area contributed by atoms with Crippen LogP contribution in [-0.2, 0) is 14.1 Å². The van der Waals surface area contributed by atoms with Gasteiger partial charge in [0.2, 0.25) is 0 Å². The molecule has 0 aliphatic carbocycles. The molecule has 0 spiro atoms. The van der Waals surface area contributed by atoms with Crippen LogP contribution in [0.2, 0.25) is 5.05 Å². The fraction of sp³-hybridized carbons (Fsp3) is 0.571. The average molecular weight is 250 g/mol. The summed E-state index contributed by atoms with van der Waals surface area (Å²) in [4.78, 5) is 32.2. The molecule has 86 valence electrons. The highest BCUT2D eigenvalue weighted by Crippen LogP contribution is 2.25. The van der Waals surface area contributed by atoms with Crippen LogP contribution in [0.25, 0.3) is 0 Å². The minimum atomic E-state index is -4.64. The Kier molecular flexibility index (Phi) is 10.9. The maximum atomic E-state index is 10.6. The number of ether oxygens (including phenoxy) is 1. The Labute approximate surface area is 98.3 Å². The van der Waals surface area contributed by atoms with Gasteiger partial charge in [0.05, 0.1) is 0 Å². The second kappa shape index (κ2) is 9.32. The fourth-order valence-electron chi connectivity index (χ4n) is 0.668. The summed E-state index contributed by atoms with van der Waals surface area (Å²) in [6, 6.07) is 0. The first kappa shape index (κ1) is 17.5. The Morgan fingerprint density at radius 2 is 2.00 bits per heavy atom. The lowest BCUT2D eigenvalue weighted by atomic mass is 10.5. The van der Waals surface area contributed by atoms with Gasteiger partial charge in [0.25, 0.3) is 0 Å². The summed E-state index contributed by atoms with van der Waals surface area (Å²) in [5.41, 5.74) is 0. The Hall–Kier alpha value is 0.0862. The second-order valence-corrected chi connectivity index (χ2v) is 5.35. The summed E-state index contributed by atoms with van der Waals surface area (Å²) in [5.74, 6) is -0.291. The summed E-state index contributed by atoms with van der Waals surface area (Å²) in [7, 11) is -4.64. The van der Waals surface area contributed by atoms with E-state index >= 15 is 0 Å². The van der Waals surface area contributed by atoms with Gasteiger partial charge in [-0.1, -0.05) is 13.5 Å². The van der Waals surface area contributed by atoms with Gasteiger partial charge in [-0.15, -0.1) is 0 Å². The van der Waals surface area contributed by atoms with E-state index in [9.17, 15) is 4.79 Å². The molecule has 0 aromatic carbocycles. The van der Waals surface area contributed by atoms with E-state index in [0.29, 0.717) is 0 Å². The number of phosphoric acid groups is 1. The second-order valence-electron chi connectivity index (χ2n) is 2.59. The highest BCUT2D eigenvalue weighted by atomic mass is 31.2. The lowest BCUT2D eigenvalue weighted by molar-refractivity contribution is -0.139. The molecule has 0 aliphatic heterocycles. The molecule has 0 aromatic rings. The molecule has 8 heteroatoms. The third kappa shape index (κ3) is 20.2. The number of hydrogen-bond acceptors (Lipinski definition) is 3. The zero-order valence-corrected chi connectivity index (χ0v) is 11.1. The molecule has 0 amide bonds. The van der Waals surface area contributed by atoms with Crippen LogP contribution >= 0.6 is 7.82 Å². The third-order valence-corrected chi connectivity index (χ3v) is 3.01. The molecular formula is C7H15MgO6P. The number of esters is 1. The van der Waals surface area contributed by atoms with Crippen LogP contribution in [0.15, 0.2) is 12.7 Å². The summed E-state index contributed by atoms with van der Waals surface area (Å²) >= 11 is -0.215. The number of rotatable bonds is 4. The van der Waals surface area contributed by atoms with E-state index in [0.717, 1.165) is 6.42 Å². The summed E-state index contributed by atoms with van der Waals surface area (Å²) in [6.45, 7) is 5.35. The van der Waals surface area contributed by atoms with Gasteiger partial charge in [-0.25, -0.2) is 9.36 Å². The lowest BCUT2D eigenvalue weighted by Crippen LogP contribution is -2.20. The van der Waals surface area contributed by atoms with Crippen molar-refractivity contribution in [3.63, 3.8) is 0 Å². The molecular weight excluding hydrogens is 235 g/mol. The van der Waals surface area contributed by atoms with E-state index in [1.54, 1.807) is 0 Å². The van der Waals surface area contributed by atoms with Crippen molar-refractivity contribution in [1.82, 2.24) is 0 Å². The molecule has 3 N–H and O–H groups in total. The van der Waals surface area contributed by atoms with Crippen molar-refractivity contribution in [2.45, 2.75) is 22.6 Å². The monoisotopic (exact) mass is 250 g/mol. The van der Waals surface area contributed by atoms with Crippen LogP contribution in [0, 0.1) is 0 Å². The van der Waals surface area contributed by atoms with Crippen LogP contribution < -0.4 is 0 Å². The van der Waals surface area contributed by atoms with Crippen molar-refractivity contribution < 1.29 is 28.8 Å². The first-order valence-electron chi connectivity index (χ1n) is 4.35. The van der Waals surface area contributed by atoms with Crippen LogP contribution in [0.5, 0.6) is 0 Å². The van der Waals surface area contributed by atoms with Crippen molar-refractivity contribution in [3.05, 3.63) is 12.7 Å². The maximum Gasteiger partial charge on any atom is 0.466 e. The molecule has 1 unspecified atom stereocenters. The van der Waals surface area contributed by atoms with Gasteiger partial charge in [-0.05, 0) is 10.7 Å². The van der Waals surface area contributed by atoms with Gasteiger partial charge in [-0.3, -0.25) is 0 Å². The normalized spacial score (nSPS) is 11.5. The van der Waals surface area contributed by atoms with Crippen molar-refractivity contribution in [2.24, 2.45) is 0 Å². The summed E-state index contributed by atoms with van der Waals surface area (Å²) in [5, 5.41) is 2.13. The van der Waals surface area contributed by atoms with Crippen molar-refractivity contribution in [2.75, 3.05) is 0 Å². The molecule has 0 saturated heterocycles. The van der Waals surface area contributed by atoms with Crippen molar-refractivity contribution in [3.8, 4) is 0 Å². The molecule has 0 aliphatic rings. The van der Waals surface area contributed by atoms with Gasteiger partial charge in [-0.2, -0.15) is 5.05 Å².